The SMILES string of the molecule is CCN1C(=O)CCCC12CCCN(C(=O)c1cccs1)C2. The molecule has 4 nitrogen and oxygen atoms in total. The number of thiophene rings is 1. The van der Waals surface area contributed by atoms with Crippen molar-refractivity contribution in [2.45, 2.75) is 44.6 Å². The summed E-state index contributed by atoms with van der Waals surface area (Å²) in [5.74, 6) is 0.382. The van der Waals surface area contributed by atoms with Gasteiger partial charge in [0.1, 0.15) is 0 Å². The summed E-state index contributed by atoms with van der Waals surface area (Å²) < 4.78 is 0. The van der Waals surface area contributed by atoms with E-state index in [1.165, 1.54) is 11.3 Å². The molecule has 2 aliphatic heterocycles. The van der Waals surface area contributed by atoms with E-state index in [9.17, 15) is 9.59 Å². The zero-order valence-corrected chi connectivity index (χ0v) is 13.3. The molecule has 0 saturated carbocycles. The van der Waals surface area contributed by atoms with Gasteiger partial charge >= 0.3 is 0 Å². The number of amides is 2. The largest absolute Gasteiger partial charge is 0.336 e. The first-order valence-corrected chi connectivity index (χ1v) is 8.67. The van der Waals surface area contributed by atoms with Gasteiger partial charge in [0.2, 0.25) is 5.91 Å². The van der Waals surface area contributed by atoms with Gasteiger partial charge in [0.25, 0.3) is 5.91 Å². The number of likely N-dealkylation sites (tertiary alicyclic amines) is 2. The molecule has 2 aliphatic rings. The Morgan fingerprint density at radius 3 is 2.90 bits per heavy atom. The fourth-order valence-electron chi connectivity index (χ4n) is 3.88. The van der Waals surface area contributed by atoms with Crippen LogP contribution in [0.3, 0.4) is 0 Å². The first-order chi connectivity index (χ1) is 10.2. The van der Waals surface area contributed by atoms with Crippen LogP contribution in [0.5, 0.6) is 0 Å². The van der Waals surface area contributed by atoms with Crippen molar-refractivity contribution in [2.75, 3.05) is 19.6 Å². The van der Waals surface area contributed by atoms with Crippen molar-refractivity contribution in [1.29, 1.82) is 0 Å². The molecule has 1 atom stereocenters. The molecule has 1 aromatic rings. The summed E-state index contributed by atoms with van der Waals surface area (Å²) in [6, 6.07) is 3.80. The Kier molecular flexibility index (Phi) is 4.02. The Morgan fingerprint density at radius 2 is 2.19 bits per heavy atom. The molecule has 1 spiro atoms. The molecular formula is C16H22N2O2S. The van der Waals surface area contributed by atoms with Gasteiger partial charge in [-0.05, 0) is 44.1 Å². The maximum atomic E-state index is 12.6. The molecule has 114 valence electrons. The van der Waals surface area contributed by atoms with Crippen LogP contribution in [0.1, 0.15) is 48.7 Å². The number of hydrogen-bond donors (Lipinski definition) is 0. The monoisotopic (exact) mass is 306 g/mol. The third-order valence-corrected chi connectivity index (χ3v) is 5.66. The van der Waals surface area contributed by atoms with Crippen molar-refractivity contribution in [2.24, 2.45) is 0 Å². The predicted molar refractivity (Wildman–Crippen MR) is 83.4 cm³/mol. The van der Waals surface area contributed by atoms with Gasteiger partial charge in [-0.15, -0.1) is 11.3 Å². The van der Waals surface area contributed by atoms with E-state index in [0.717, 1.165) is 43.6 Å². The molecular weight excluding hydrogens is 284 g/mol. The molecule has 0 aliphatic carbocycles. The van der Waals surface area contributed by atoms with Gasteiger partial charge in [-0.3, -0.25) is 9.59 Å². The summed E-state index contributed by atoms with van der Waals surface area (Å²) >= 11 is 1.50. The fraction of sp³-hybridized carbons (Fsp3) is 0.625. The van der Waals surface area contributed by atoms with Gasteiger partial charge in [0.15, 0.2) is 0 Å². The molecule has 2 fully saturated rings. The second-order valence-corrected chi connectivity index (χ2v) is 6.97. The van der Waals surface area contributed by atoms with Gasteiger partial charge < -0.3 is 9.80 Å². The number of hydrogen-bond acceptors (Lipinski definition) is 3. The van der Waals surface area contributed by atoms with Crippen molar-refractivity contribution >= 4 is 23.2 Å². The fourth-order valence-corrected chi connectivity index (χ4v) is 4.57. The van der Waals surface area contributed by atoms with E-state index in [0.29, 0.717) is 13.0 Å². The number of piperidine rings is 2. The Labute approximate surface area is 129 Å². The van der Waals surface area contributed by atoms with E-state index < -0.39 is 0 Å². The maximum absolute atomic E-state index is 12.6. The third kappa shape index (κ3) is 2.59. The summed E-state index contributed by atoms with van der Waals surface area (Å²) in [6.07, 6.45) is 4.66. The highest BCUT2D eigenvalue weighted by Gasteiger charge is 2.45. The lowest BCUT2D eigenvalue weighted by atomic mass is 9.79. The molecule has 0 bridgehead atoms. The first-order valence-electron chi connectivity index (χ1n) is 7.79. The zero-order valence-electron chi connectivity index (χ0n) is 12.5. The molecule has 5 heteroatoms. The minimum Gasteiger partial charge on any atom is -0.336 e. The summed E-state index contributed by atoms with van der Waals surface area (Å²) in [7, 11) is 0. The molecule has 0 radical (unpaired) electrons. The Bertz CT molecular complexity index is 524. The first kappa shape index (κ1) is 14.6. The number of carbonyl (C=O) groups is 2. The average Bonchev–Trinajstić information content (AvgIpc) is 3.01. The quantitative estimate of drug-likeness (QED) is 0.843. The molecule has 21 heavy (non-hydrogen) atoms. The molecule has 2 amide bonds. The summed E-state index contributed by atoms with van der Waals surface area (Å²) in [5.41, 5.74) is -0.116. The van der Waals surface area contributed by atoms with Crippen LogP contribution in [0.2, 0.25) is 0 Å². The van der Waals surface area contributed by atoms with E-state index in [1.54, 1.807) is 0 Å². The minimum absolute atomic E-state index is 0.116. The summed E-state index contributed by atoms with van der Waals surface area (Å²) in [4.78, 5) is 29.6. The van der Waals surface area contributed by atoms with Gasteiger partial charge in [0.05, 0.1) is 10.4 Å². The Morgan fingerprint density at radius 1 is 1.38 bits per heavy atom. The number of nitrogens with zero attached hydrogens (tertiary/aromatic N) is 2. The van der Waals surface area contributed by atoms with Crippen LogP contribution in [0.15, 0.2) is 17.5 Å². The average molecular weight is 306 g/mol. The van der Waals surface area contributed by atoms with Crippen LogP contribution in [-0.4, -0.2) is 46.8 Å². The standard InChI is InChI=1S/C16H22N2O2S/c1-2-18-14(19)7-3-8-16(18)9-5-10-17(12-16)15(20)13-6-4-11-21-13/h4,6,11H,2-3,5,7-10,12H2,1H3. The number of likely N-dealkylation sites (N-methyl/N-ethyl adjacent to an activating group) is 1. The van der Waals surface area contributed by atoms with Crippen LogP contribution in [0, 0.1) is 0 Å². The molecule has 1 aromatic heterocycles. The van der Waals surface area contributed by atoms with Crippen LogP contribution < -0.4 is 0 Å². The van der Waals surface area contributed by atoms with E-state index in [1.807, 2.05) is 34.2 Å². The van der Waals surface area contributed by atoms with E-state index >= 15 is 0 Å². The maximum Gasteiger partial charge on any atom is 0.263 e. The van der Waals surface area contributed by atoms with Gasteiger partial charge in [-0.1, -0.05) is 6.07 Å². The lowest BCUT2D eigenvalue weighted by Crippen LogP contribution is -2.63. The topological polar surface area (TPSA) is 40.6 Å². The van der Waals surface area contributed by atoms with Crippen LogP contribution >= 0.6 is 11.3 Å². The van der Waals surface area contributed by atoms with Crippen LogP contribution in [0.4, 0.5) is 0 Å². The van der Waals surface area contributed by atoms with Crippen molar-refractivity contribution in [3.05, 3.63) is 22.4 Å². The lowest BCUT2D eigenvalue weighted by molar-refractivity contribution is -0.144. The minimum atomic E-state index is -0.116. The molecule has 0 aromatic carbocycles. The summed E-state index contributed by atoms with van der Waals surface area (Å²) in [6.45, 7) is 4.30. The third-order valence-electron chi connectivity index (χ3n) is 4.80. The smallest absolute Gasteiger partial charge is 0.263 e. The highest BCUT2D eigenvalue weighted by Crippen LogP contribution is 2.37. The molecule has 2 saturated heterocycles. The number of carbonyl (C=O) groups excluding carboxylic acids is 2. The zero-order chi connectivity index (χ0) is 14.9. The number of rotatable bonds is 2. The predicted octanol–water partition coefficient (Wildman–Crippen LogP) is 2.76. The molecule has 3 heterocycles. The Balaban J connectivity index is 1.81. The van der Waals surface area contributed by atoms with Crippen LogP contribution in [-0.2, 0) is 4.79 Å². The van der Waals surface area contributed by atoms with Gasteiger partial charge in [-0.2, -0.15) is 0 Å². The van der Waals surface area contributed by atoms with E-state index in [2.05, 4.69) is 0 Å². The Hall–Kier alpha value is -1.36. The van der Waals surface area contributed by atoms with Gasteiger partial charge in [0, 0.05) is 26.1 Å². The normalized spacial score (nSPS) is 26.4. The van der Waals surface area contributed by atoms with E-state index in [4.69, 9.17) is 0 Å². The van der Waals surface area contributed by atoms with Gasteiger partial charge in [-0.25, -0.2) is 0 Å². The van der Waals surface area contributed by atoms with Crippen molar-refractivity contribution < 1.29 is 9.59 Å². The highest BCUT2D eigenvalue weighted by atomic mass is 32.1. The van der Waals surface area contributed by atoms with E-state index in [-0.39, 0.29) is 17.4 Å². The highest BCUT2D eigenvalue weighted by molar-refractivity contribution is 7.12. The van der Waals surface area contributed by atoms with Crippen molar-refractivity contribution in [3.63, 3.8) is 0 Å². The lowest BCUT2D eigenvalue weighted by Gasteiger charge is -2.51. The summed E-state index contributed by atoms with van der Waals surface area (Å²) in [5, 5.41) is 1.94. The molecule has 3 rings (SSSR count). The van der Waals surface area contributed by atoms with Crippen LogP contribution in [0.25, 0.3) is 0 Å². The second kappa shape index (κ2) is 5.79. The van der Waals surface area contributed by atoms with Crippen molar-refractivity contribution in [3.8, 4) is 0 Å². The second-order valence-electron chi connectivity index (χ2n) is 6.02. The van der Waals surface area contributed by atoms with Crippen molar-refractivity contribution in [1.82, 2.24) is 9.80 Å². The molecule has 1 unspecified atom stereocenters. The molecule has 0 N–H and O–H groups in total.